The zero-order valence-corrected chi connectivity index (χ0v) is 20.6. The Hall–Kier alpha value is -3.09. The fourth-order valence-corrected chi connectivity index (χ4v) is 4.02. The number of nitrogens with one attached hydrogen (secondary N) is 1. The molecule has 0 saturated heterocycles. The van der Waals surface area contributed by atoms with Crippen LogP contribution in [0.1, 0.15) is 34.1 Å². The summed E-state index contributed by atoms with van der Waals surface area (Å²) in [6, 6.07) is 15.6. The first-order valence-corrected chi connectivity index (χ1v) is 11.2. The number of likely N-dealkylation sites (N-methyl/N-ethyl adjacent to an activating group) is 1. The highest BCUT2D eigenvalue weighted by Gasteiger charge is 2.18. The molecule has 33 heavy (non-hydrogen) atoms. The summed E-state index contributed by atoms with van der Waals surface area (Å²) in [6.45, 7) is 4.98. The van der Waals surface area contributed by atoms with Crippen LogP contribution in [-0.2, 0) is 11.3 Å². The Morgan fingerprint density at radius 3 is 2.58 bits per heavy atom. The highest BCUT2D eigenvalue weighted by molar-refractivity contribution is 6.31. The summed E-state index contributed by atoms with van der Waals surface area (Å²) < 4.78 is 7.41. The molecule has 0 spiro atoms. The first kappa shape index (κ1) is 24.6. The molecule has 1 heterocycles. The minimum atomic E-state index is -0.158. The van der Waals surface area contributed by atoms with Crippen LogP contribution in [0.4, 0.5) is 0 Å². The van der Waals surface area contributed by atoms with Crippen LogP contribution in [0.15, 0.2) is 54.6 Å². The Labute approximate surface area is 200 Å². The van der Waals surface area contributed by atoms with Crippen LogP contribution in [-0.4, -0.2) is 48.3 Å². The fraction of sp³-hybridized carbons (Fsp3) is 0.308. The summed E-state index contributed by atoms with van der Waals surface area (Å²) in [5.41, 5.74) is 4.82. The number of para-hydroxylation sites is 1. The number of methoxy groups -OCH3 is 1. The Morgan fingerprint density at radius 2 is 1.88 bits per heavy atom. The number of benzene rings is 2. The molecular formula is C26H31ClN4O2. The van der Waals surface area contributed by atoms with E-state index in [1.807, 2.05) is 87.2 Å². The molecule has 2 aromatic carbocycles. The molecule has 6 nitrogen and oxygen atoms in total. The predicted octanol–water partition coefficient (Wildman–Crippen LogP) is 4.64. The molecule has 0 aliphatic rings. The van der Waals surface area contributed by atoms with Gasteiger partial charge in [0.1, 0.15) is 5.75 Å². The number of aromatic nitrogens is 2. The van der Waals surface area contributed by atoms with Gasteiger partial charge < -0.3 is 15.0 Å². The molecule has 0 bridgehead atoms. The third kappa shape index (κ3) is 6.03. The zero-order chi connectivity index (χ0) is 24.0. The molecule has 1 unspecified atom stereocenters. The molecule has 0 aliphatic carbocycles. The number of carbonyl (C=O) groups is 1. The summed E-state index contributed by atoms with van der Waals surface area (Å²) >= 11 is 6.30. The molecule has 1 N–H and O–H groups in total. The first-order valence-electron chi connectivity index (χ1n) is 10.8. The van der Waals surface area contributed by atoms with E-state index < -0.39 is 0 Å². The van der Waals surface area contributed by atoms with Crippen molar-refractivity contribution in [1.82, 2.24) is 20.0 Å². The maximum absolute atomic E-state index is 12.6. The SMILES string of the molecule is COc1ccccc1C(CNC(=O)/C=C/c1c(C)nn(Cc2ccccc2Cl)c1C)N(C)C. The maximum Gasteiger partial charge on any atom is 0.244 e. The third-order valence-electron chi connectivity index (χ3n) is 5.71. The van der Waals surface area contributed by atoms with Crippen LogP contribution in [0.3, 0.4) is 0 Å². The molecule has 0 fully saturated rings. The minimum Gasteiger partial charge on any atom is -0.496 e. The van der Waals surface area contributed by atoms with E-state index in [0.29, 0.717) is 18.1 Å². The smallest absolute Gasteiger partial charge is 0.244 e. The standard InChI is InChI=1S/C26H31ClN4O2/c1-18-21(19(2)31(29-18)17-20-10-6-8-12-23(20)27)14-15-26(32)28-16-24(30(3)4)22-11-7-9-13-25(22)33-5/h6-15,24H,16-17H2,1-5H3,(H,28,32)/b15-14+. The molecule has 3 rings (SSSR count). The molecule has 7 heteroatoms. The number of amides is 1. The second-order valence-electron chi connectivity index (χ2n) is 8.13. The molecular weight excluding hydrogens is 436 g/mol. The largest absolute Gasteiger partial charge is 0.496 e. The van der Waals surface area contributed by atoms with Crippen LogP contribution in [0.2, 0.25) is 5.02 Å². The lowest BCUT2D eigenvalue weighted by Crippen LogP contribution is -2.34. The Bertz CT molecular complexity index is 1140. The Balaban J connectivity index is 1.69. The van der Waals surface area contributed by atoms with Gasteiger partial charge in [-0.15, -0.1) is 0 Å². The van der Waals surface area contributed by atoms with Crippen molar-refractivity contribution in [1.29, 1.82) is 0 Å². The lowest BCUT2D eigenvalue weighted by Gasteiger charge is -2.26. The Kier molecular flexibility index (Phi) is 8.31. The molecule has 0 radical (unpaired) electrons. The molecule has 174 valence electrons. The van der Waals surface area contributed by atoms with Gasteiger partial charge in [-0.1, -0.05) is 48.0 Å². The summed E-state index contributed by atoms with van der Waals surface area (Å²) in [7, 11) is 5.63. The van der Waals surface area contributed by atoms with E-state index >= 15 is 0 Å². The van der Waals surface area contributed by atoms with Crippen molar-refractivity contribution < 1.29 is 9.53 Å². The lowest BCUT2D eigenvalue weighted by atomic mass is 10.0. The van der Waals surface area contributed by atoms with Crippen LogP contribution in [0.5, 0.6) is 5.75 Å². The average Bonchev–Trinajstić information content (AvgIpc) is 3.06. The van der Waals surface area contributed by atoms with Crippen LogP contribution < -0.4 is 10.1 Å². The van der Waals surface area contributed by atoms with Crippen molar-refractivity contribution in [3.63, 3.8) is 0 Å². The number of hydrogen-bond acceptors (Lipinski definition) is 4. The lowest BCUT2D eigenvalue weighted by molar-refractivity contribution is -0.116. The van der Waals surface area contributed by atoms with E-state index in [1.54, 1.807) is 13.2 Å². The van der Waals surface area contributed by atoms with Gasteiger partial charge in [-0.3, -0.25) is 9.48 Å². The number of hydrogen-bond donors (Lipinski definition) is 1. The van der Waals surface area contributed by atoms with Gasteiger partial charge >= 0.3 is 0 Å². The highest BCUT2D eigenvalue weighted by Crippen LogP contribution is 2.27. The van der Waals surface area contributed by atoms with E-state index in [9.17, 15) is 4.79 Å². The van der Waals surface area contributed by atoms with E-state index in [-0.39, 0.29) is 11.9 Å². The van der Waals surface area contributed by atoms with Gasteiger partial charge in [-0.05, 0) is 51.7 Å². The maximum atomic E-state index is 12.6. The summed E-state index contributed by atoms with van der Waals surface area (Å²) in [6.07, 6.45) is 3.38. The monoisotopic (exact) mass is 466 g/mol. The molecule has 0 saturated carbocycles. The van der Waals surface area contributed by atoms with Crippen molar-refractivity contribution in [2.75, 3.05) is 27.7 Å². The molecule has 1 atom stereocenters. The molecule has 1 amide bonds. The van der Waals surface area contributed by atoms with E-state index in [0.717, 1.165) is 33.8 Å². The second kappa shape index (κ2) is 11.2. The van der Waals surface area contributed by atoms with E-state index in [4.69, 9.17) is 16.3 Å². The van der Waals surface area contributed by atoms with Gasteiger partial charge in [0.05, 0.1) is 25.4 Å². The normalized spacial score (nSPS) is 12.3. The molecule has 0 aliphatic heterocycles. The first-order chi connectivity index (χ1) is 15.8. The van der Waals surface area contributed by atoms with Gasteiger partial charge in [0.2, 0.25) is 5.91 Å². The second-order valence-corrected chi connectivity index (χ2v) is 8.54. The number of aryl methyl sites for hydroxylation is 1. The van der Waals surface area contributed by atoms with Crippen LogP contribution >= 0.6 is 11.6 Å². The fourth-order valence-electron chi connectivity index (χ4n) is 3.82. The van der Waals surface area contributed by atoms with Crippen molar-refractivity contribution in [2.24, 2.45) is 0 Å². The molecule has 1 aromatic heterocycles. The topological polar surface area (TPSA) is 59.4 Å². The van der Waals surface area contributed by atoms with Gasteiger partial charge in [0.25, 0.3) is 0 Å². The van der Waals surface area contributed by atoms with Gasteiger partial charge in [-0.25, -0.2) is 0 Å². The number of carbonyl (C=O) groups excluding carboxylic acids is 1. The molecule has 3 aromatic rings. The zero-order valence-electron chi connectivity index (χ0n) is 19.8. The summed E-state index contributed by atoms with van der Waals surface area (Å²) in [4.78, 5) is 14.7. The number of nitrogens with zero attached hydrogens (tertiary/aromatic N) is 3. The van der Waals surface area contributed by atoms with E-state index in [2.05, 4.69) is 15.3 Å². The van der Waals surface area contributed by atoms with Crippen LogP contribution in [0, 0.1) is 13.8 Å². The van der Waals surface area contributed by atoms with E-state index in [1.165, 1.54) is 0 Å². The third-order valence-corrected chi connectivity index (χ3v) is 6.08. The van der Waals surface area contributed by atoms with Crippen molar-refractivity contribution >= 4 is 23.6 Å². The van der Waals surface area contributed by atoms with Crippen molar-refractivity contribution in [3.8, 4) is 5.75 Å². The summed E-state index contributed by atoms with van der Waals surface area (Å²) in [5.74, 6) is 0.646. The summed E-state index contributed by atoms with van der Waals surface area (Å²) in [5, 5.41) is 8.36. The number of halogens is 1. The van der Waals surface area contributed by atoms with Crippen molar-refractivity contribution in [3.05, 3.63) is 87.7 Å². The predicted molar refractivity (Wildman–Crippen MR) is 134 cm³/mol. The highest BCUT2D eigenvalue weighted by atomic mass is 35.5. The van der Waals surface area contributed by atoms with Crippen LogP contribution in [0.25, 0.3) is 6.08 Å². The van der Waals surface area contributed by atoms with Gasteiger partial charge in [0, 0.05) is 34.5 Å². The Morgan fingerprint density at radius 1 is 1.18 bits per heavy atom. The number of ether oxygens (including phenoxy) is 1. The number of rotatable bonds is 9. The average molecular weight is 467 g/mol. The van der Waals surface area contributed by atoms with Gasteiger partial charge in [-0.2, -0.15) is 5.10 Å². The van der Waals surface area contributed by atoms with Gasteiger partial charge in [0.15, 0.2) is 0 Å². The minimum absolute atomic E-state index is 0.0136. The quantitative estimate of drug-likeness (QED) is 0.466. The van der Waals surface area contributed by atoms with Crippen molar-refractivity contribution in [2.45, 2.75) is 26.4 Å².